The van der Waals surface area contributed by atoms with E-state index in [2.05, 4.69) is 0 Å². The summed E-state index contributed by atoms with van der Waals surface area (Å²) in [4.78, 5) is 25.4. The van der Waals surface area contributed by atoms with Gasteiger partial charge in [0.2, 0.25) is 5.91 Å². The normalized spacial score (nSPS) is 37.2. The van der Waals surface area contributed by atoms with Gasteiger partial charge < -0.3 is 10.0 Å². The summed E-state index contributed by atoms with van der Waals surface area (Å²) in [5, 5.41) is 9.17. The van der Waals surface area contributed by atoms with Crippen molar-refractivity contribution in [2.75, 3.05) is 13.1 Å². The average molecular weight is 251 g/mol. The van der Waals surface area contributed by atoms with E-state index in [0.717, 1.165) is 24.7 Å². The van der Waals surface area contributed by atoms with Crippen LogP contribution in [0, 0.1) is 23.2 Å². The van der Waals surface area contributed by atoms with Gasteiger partial charge in [0.15, 0.2) is 0 Å². The maximum Gasteiger partial charge on any atom is 0.309 e. The van der Waals surface area contributed by atoms with Crippen molar-refractivity contribution in [3.63, 3.8) is 0 Å². The van der Waals surface area contributed by atoms with Crippen molar-refractivity contribution in [3.05, 3.63) is 0 Å². The molecule has 0 spiro atoms. The summed E-state index contributed by atoms with van der Waals surface area (Å²) in [7, 11) is 0. The second-order valence-corrected chi connectivity index (χ2v) is 6.62. The molecule has 0 aromatic rings. The fourth-order valence-corrected chi connectivity index (χ4v) is 3.61. The molecule has 0 aromatic carbocycles. The third-order valence-electron chi connectivity index (χ3n) is 5.29. The Morgan fingerprint density at radius 3 is 2.17 bits per heavy atom. The molecule has 0 aromatic heterocycles. The summed E-state index contributed by atoms with van der Waals surface area (Å²) in [6.07, 6.45) is 4.68. The number of nitrogens with zero attached hydrogens (tertiary/aromatic N) is 1. The monoisotopic (exact) mass is 251 g/mol. The number of hydrogen-bond donors (Lipinski definition) is 1. The number of piperidine rings is 1. The molecule has 1 N–H and O–H groups in total. The summed E-state index contributed by atoms with van der Waals surface area (Å²) in [5.74, 6) is 1.45. The highest BCUT2D eigenvalue weighted by Crippen LogP contribution is 2.54. The Labute approximate surface area is 107 Å². The van der Waals surface area contributed by atoms with Crippen LogP contribution < -0.4 is 0 Å². The van der Waals surface area contributed by atoms with Crippen molar-refractivity contribution < 1.29 is 14.7 Å². The minimum Gasteiger partial charge on any atom is -0.481 e. The van der Waals surface area contributed by atoms with Crippen LogP contribution in [0.2, 0.25) is 0 Å². The molecule has 3 fully saturated rings. The first kappa shape index (κ1) is 12.0. The molecule has 4 nitrogen and oxygen atoms in total. The Hall–Kier alpha value is -1.06. The van der Waals surface area contributed by atoms with E-state index in [1.807, 2.05) is 4.90 Å². The molecule has 4 heteroatoms. The van der Waals surface area contributed by atoms with Crippen LogP contribution in [0.25, 0.3) is 0 Å². The second kappa shape index (κ2) is 3.97. The van der Waals surface area contributed by atoms with Gasteiger partial charge in [0.25, 0.3) is 0 Å². The highest BCUT2D eigenvalue weighted by atomic mass is 16.4. The molecule has 2 atom stereocenters. The van der Waals surface area contributed by atoms with Gasteiger partial charge in [-0.15, -0.1) is 0 Å². The van der Waals surface area contributed by atoms with Gasteiger partial charge in [0.05, 0.1) is 5.41 Å². The van der Waals surface area contributed by atoms with E-state index in [4.69, 9.17) is 0 Å². The van der Waals surface area contributed by atoms with Crippen LogP contribution >= 0.6 is 0 Å². The first-order chi connectivity index (χ1) is 8.49. The summed E-state index contributed by atoms with van der Waals surface area (Å²) in [5.41, 5.74) is -0.630. The van der Waals surface area contributed by atoms with E-state index in [0.29, 0.717) is 25.9 Å². The fourth-order valence-electron chi connectivity index (χ4n) is 3.61. The summed E-state index contributed by atoms with van der Waals surface area (Å²) < 4.78 is 0. The molecule has 1 saturated heterocycles. The first-order valence-corrected chi connectivity index (χ1v) is 7.02. The quantitative estimate of drug-likeness (QED) is 0.813. The Morgan fingerprint density at radius 2 is 1.67 bits per heavy atom. The molecule has 0 radical (unpaired) electrons. The zero-order valence-electron chi connectivity index (χ0n) is 10.9. The lowest BCUT2D eigenvalue weighted by Crippen LogP contribution is -2.46. The number of carboxylic acid groups (broad SMARTS) is 1. The average Bonchev–Trinajstić information content (AvgIpc) is 2.96. The molecular formula is C14H21NO3. The molecule has 0 bridgehead atoms. The number of amides is 1. The highest BCUT2D eigenvalue weighted by Gasteiger charge is 2.49. The van der Waals surface area contributed by atoms with E-state index < -0.39 is 11.4 Å². The number of likely N-dealkylation sites (tertiary alicyclic amines) is 1. The fraction of sp³-hybridized carbons (Fsp3) is 0.857. The zero-order chi connectivity index (χ0) is 12.9. The van der Waals surface area contributed by atoms with Crippen molar-refractivity contribution >= 4 is 11.9 Å². The minimum absolute atomic E-state index is 0.239. The lowest BCUT2D eigenvalue weighted by atomic mass is 9.80. The molecule has 2 unspecified atom stereocenters. The van der Waals surface area contributed by atoms with Gasteiger partial charge in [-0.25, -0.2) is 0 Å². The van der Waals surface area contributed by atoms with E-state index in [1.165, 1.54) is 6.42 Å². The SMILES string of the molecule is CC1(C(=O)O)CCN(C(=O)C2CC3CC3C2)CC1. The van der Waals surface area contributed by atoms with Crippen LogP contribution in [0.1, 0.15) is 39.0 Å². The predicted octanol–water partition coefficient (Wildman–Crippen LogP) is 1.75. The number of fused-ring (bicyclic) bond motifs is 1. The number of hydrogen-bond acceptors (Lipinski definition) is 2. The van der Waals surface area contributed by atoms with Gasteiger partial charge in [0, 0.05) is 19.0 Å². The van der Waals surface area contributed by atoms with Crippen LogP contribution in [-0.4, -0.2) is 35.0 Å². The van der Waals surface area contributed by atoms with Gasteiger partial charge >= 0.3 is 5.97 Å². The molecule has 1 amide bonds. The lowest BCUT2D eigenvalue weighted by molar-refractivity contribution is -0.153. The Bertz CT molecular complexity index is 375. The molecule has 3 rings (SSSR count). The van der Waals surface area contributed by atoms with Crippen LogP contribution in [-0.2, 0) is 9.59 Å². The van der Waals surface area contributed by atoms with Crippen molar-refractivity contribution in [1.29, 1.82) is 0 Å². The Kier molecular flexibility index (Phi) is 2.65. The standard InChI is InChI=1S/C14H21NO3/c1-14(13(17)18)2-4-15(5-3-14)12(16)11-7-9-6-10(9)8-11/h9-11H,2-8H2,1H3,(H,17,18). The van der Waals surface area contributed by atoms with Crippen molar-refractivity contribution in [2.24, 2.45) is 23.2 Å². The van der Waals surface area contributed by atoms with Gasteiger partial charge in [-0.2, -0.15) is 0 Å². The van der Waals surface area contributed by atoms with Crippen LogP contribution in [0.5, 0.6) is 0 Å². The molecule has 2 saturated carbocycles. The first-order valence-electron chi connectivity index (χ1n) is 7.02. The predicted molar refractivity (Wildman–Crippen MR) is 65.9 cm³/mol. The smallest absolute Gasteiger partial charge is 0.309 e. The van der Waals surface area contributed by atoms with Crippen molar-refractivity contribution in [1.82, 2.24) is 4.90 Å². The number of aliphatic carboxylic acids is 1. The topological polar surface area (TPSA) is 57.6 Å². The second-order valence-electron chi connectivity index (χ2n) is 6.62. The maximum atomic E-state index is 12.3. The molecule has 1 aliphatic heterocycles. The van der Waals surface area contributed by atoms with Crippen LogP contribution in [0.15, 0.2) is 0 Å². The maximum absolute atomic E-state index is 12.3. The van der Waals surface area contributed by atoms with Gasteiger partial charge in [-0.1, -0.05) is 0 Å². The molecule has 2 aliphatic carbocycles. The largest absolute Gasteiger partial charge is 0.481 e. The van der Waals surface area contributed by atoms with Crippen LogP contribution in [0.4, 0.5) is 0 Å². The van der Waals surface area contributed by atoms with Crippen molar-refractivity contribution in [2.45, 2.75) is 39.0 Å². The molecule has 100 valence electrons. The van der Waals surface area contributed by atoms with E-state index in [9.17, 15) is 14.7 Å². The third kappa shape index (κ3) is 1.91. The van der Waals surface area contributed by atoms with E-state index in [1.54, 1.807) is 6.92 Å². The summed E-state index contributed by atoms with van der Waals surface area (Å²) in [6.45, 7) is 3.03. The van der Waals surface area contributed by atoms with Crippen LogP contribution in [0.3, 0.4) is 0 Å². The van der Waals surface area contributed by atoms with Gasteiger partial charge in [-0.3, -0.25) is 9.59 Å². The Balaban J connectivity index is 1.56. The molecule has 18 heavy (non-hydrogen) atoms. The van der Waals surface area contributed by atoms with Gasteiger partial charge in [-0.05, 0) is 50.9 Å². The number of carbonyl (C=O) groups is 2. The minimum atomic E-state index is -0.725. The lowest BCUT2D eigenvalue weighted by Gasteiger charge is -2.37. The van der Waals surface area contributed by atoms with E-state index >= 15 is 0 Å². The molecular weight excluding hydrogens is 230 g/mol. The highest BCUT2D eigenvalue weighted by molar-refractivity contribution is 5.80. The molecule has 1 heterocycles. The molecule has 3 aliphatic rings. The number of rotatable bonds is 2. The van der Waals surface area contributed by atoms with Gasteiger partial charge in [0.1, 0.15) is 0 Å². The van der Waals surface area contributed by atoms with Crippen molar-refractivity contribution in [3.8, 4) is 0 Å². The Morgan fingerprint density at radius 1 is 1.11 bits per heavy atom. The third-order valence-corrected chi connectivity index (χ3v) is 5.29. The summed E-state index contributed by atoms with van der Waals surface area (Å²) in [6, 6.07) is 0. The summed E-state index contributed by atoms with van der Waals surface area (Å²) >= 11 is 0. The zero-order valence-corrected chi connectivity index (χ0v) is 10.9. The van der Waals surface area contributed by atoms with E-state index in [-0.39, 0.29) is 11.8 Å². The number of carbonyl (C=O) groups excluding carboxylic acids is 1. The number of carboxylic acids is 1.